The molecule has 2 heterocycles. The number of sulfonamides is 1. The second-order valence-electron chi connectivity index (χ2n) is 7.66. The maximum Gasteiger partial charge on any atom is 0.267 e. The summed E-state index contributed by atoms with van der Waals surface area (Å²) in [5, 5.41) is 3.96. The maximum absolute atomic E-state index is 13.0. The summed E-state index contributed by atoms with van der Waals surface area (Å²) in [5.41, 5.74) is 6.42. The van der Waals surface area contributed by atoms with Crippen molar-refractivity contribution >= 4 is 16.0 Å². The Balaban J connectivity index is 1.95. The largest absolute Gasteiger partial charge is 0.274 e. The highest BCUT2D eigenvalue weighted by Crippen LogP contribution is 2.34. The Kier molecular flexibility index (Phi) is 5.80. The van der Waals surface area contributed by atoms with E-state index in [-0.39, 0.29) is 10.8 Å². The lowest BCUT2D eigenvalue weighted by atomic mass is 9.94. The van der Waals surface area contributed by atoms with Gasteiger partial charge in [-0.2, -0.15) is 5.10 Å². The fraction of sp³-hybridized carbons (Fsp3) is 0.208. The molecule has 0 saturated heterocycles. The van der Waals surface area contributed by atoms with E-state index in [0.29, 0.717) is 6.42 Å². The fourth-order valence-corrected chi connectivity index (χ4v) is 4.63. The average molecular weight is 448 g/mol. The Bertz CT molecular complexity index is 1330. The van der Waals surface area contributed by atoms with E-state index >= 15 is 0 Å². The molecule has 4 aromatic rings. The number of hydrogen-bond acceptors (Lipinski definition) is 5. The number of nitrogens with zero attached hydrogens (tertiary/aromatic N) is 4. The number of anilines is 1. The summed E-state index contributed by atoms with van der Waals surface area (Å²) >= 11 is 0. The van der Waals surface area contributed by atoms with Crippen LogP contribution in [0.25, 0.3) is 22.5 Å². The van der Waals surface area contributed by atoms with Crippen molar-refractivity contribution in [3.05, 3.63) is 77.6 Å². The van der Waals surface area contributed by atoms with Gasteiger partial charge in [0.1, 0.15) is 4.90 Å². The van der Waals surface area contributed by atoms with Crippen LogP contribution in [-0.4, -0.2) is 28.2 Å². The van der Waals surface area contributed by atoms with Crippen molar-refractivity contribution in [2.75, 3.05) is 4.72 Å². The van der Waals surface area contributed by atoms with E-state index in [1.165, 1.54) is 17.1 Å². The van der Waals surface area contributed by atoms with Gasteiger partial charge in [0.25, 0.3) is 10.0 Å². The van der Waals surface area contributed by atoms with E-state index in [1.807, 2.05) is 62.4 Å². The van der Waals surface area contributed by atoms with Crippen molar-refractivity contribution in [2.24, 2.45) is 7.05 Å². The zero-order valence-electron chi connectivity index (χ0n) is 18.5. The molecule has 4 rings (SSSR count). The molecule has 0 spiro atoms. The minimum Gasteiger partial charge on any atom is -0.274 e. The predicted molar refractivity (Wildman–Crippen MR) is 126 cm³/mol. The first-order valence-electron chi connectivity index (χ1n) is 10.3. The standard InChI is InChI=1S/C24H25N5O2S/c1-5-19-22(20-12-8-6-10-16(20)2)26-24(27-23(19)21-13-9-7-11-17(21)3)28-32(30,31)18-14-25-29(4)15-18/h6-15H,5H2,1-4H3,(H,26,27,28). The van der Waals surface area contributed by atoms with Gasteiger partial charge < -0.3 is 0 Å². The third-order valence-corrected chi connectivity index (χ3v) is 6.66. The van der Waals surface area contributed by atoms with Gasteiger partial charge in [0.2, 0.25) is 5.95 Å². The van der Waals surface area contributed by atoms with Gasteiger partial charge in [0.05, 0.1) is 17.6 Å². The second-order valence-corrected chi connectivity index (χ2v) is 9.34. The Hall–Kier alpha value is -3.52. The van der Waals surface area contributed by atoms with E-state index in [1.54, 1.807) is 7.05 Å². The normalized spacial score (nSPS) is 11.5. The molecule has 164 valence electrons. The SMILES string of the molecule is CCc1c(-c2ccccc2C)nc(NS(=O)(=O)c2cnn(C)c2)nc1-c1ccccc1C. The van der Waals surface area contributed by atoms with Crippen LogP contribution in [0.4, 0.5) is 5.95 Å². The highest BCUT2D eigenvalue weighted by atomic mass is 32.2. The van der Waals surface area contributed by atoms with E-state index in [2.05, 4.69) is 26.7 Å². The van der Waals surface area contributed by atoms with Crippen LogP contribution in [0.15, 0.2) is 65.8 Å². The van der Waals surface area contributed by atoms with Crippen LogP contribution >= 0.6 is 0 Å². The molecule has 0 bridgehead atoms. The summed E-state index contributed by atoms with van der Waals surface area (Å²) in [4.78, 5) is 9.41. The molecule has 0 aliphatic rings. The van der Waals surface area contributed by atoms with Gasteiger partial charge in [-0.1, -0.05) is 55.5 Å². The van der Waals surface area contributed by atoms with Gasteiger partial charge in [0.15, 0.2) is 0 Å². The smallest absolute Gasteiger partial charge is 0.267 e. The zero-order chi connectivity index (χ0) is 22.9. The molecule has 0 unspecified atom stereocenters. The van der Waals surface area contributed by atoms with E-state index in [9.17, 15) is 8.42 Å². The lowest BCUT2D eigenvalue weighted by Crippen LogP contribution is -2.16. The van der Waals surface area contributed by atoms with Crippen molar-refractivity contribution in [1.29, 1.82) is 0 Å². The second kappa shape index (κ2) is 8.55. The van der Waals surface area contributed by atoms with E-state index in [4.69, 9.17) is 0 Å². The first kappa shape index (κ1) is 21.7. The van der Waals surface area contributed by atoms with Crippen LogP contribution < -0.4 is 4.72 Å². The summed E-state index contributed by atoms with van der Waals surface area (Å²) in [5.74, 6) is 0.0301. The molecule has 0 fully saturated rings. The van der Waals surface area contributed by atoms with Gasteiger partial charge in [-0.3, -0.25) is 4.68 Å². The number of benzene rings is 2. The lowest BCUT2D eigenvalue weighted by Gasteiger charge is -2.17. The zero-order valence-corrected chi connectivity index (χ0v) is 19.3. The van der Waals surface area contributed by atoms with Gasteiger partial charge >= 0.3 is 0 Å². The molecule has 0 aliphatic heterocycles. The maximum atomic E-state index is 13.0. The summed E-state index contributed by atoms with van der Waals surface area (Å²) in [6.07, 6.45) is 3.43. The van der Waals surface area contributed by atoms with Crippen LogP contribution in [0.5, 0.6) is 0 Å². The monoisotopic (exact) mass is 447 g/mol. The van der Waals surface area contributed by atoms with Crippen LogP contribution in [-0.2, 0) is 23.5 Å². The molecule has 2 aromatic carbocycles. The van der Waals surface area contributed by atoms with Crippen LogP contribution in [0.1, 0.15) is 23.6 Å². The molecule has 8 heteroatoms. The molecule has 2 aromatic heterocycles. The fourth-order valence-electron chi connectivity index (χ4n) is 3.70. The minimum absolute atomic E-state index is 0.0301. The summed E-state index contributed by atoms with van der Waals surface area (Å²) in [6, 6.07) is 15.9. The number of nitrogens with one attached hydrogen (secondary N) is 1. The Morgan fingerprint density at radius 3 is 1.88 bits per heavy atom. The summed E-state index contributed by atoms with van der Waals surface area (Å²) < 4.78 is 29.9. The summed E-state index contributed by atoms with van der Waals surface area (Å²) in [7, 11) is -2.22. The predicted octanol–water partition coefficient (Wildman–Crippen LogP) is 4.52. The lowest BCUT2D eigenvalue weighted by molar-refractivity contribution is 0.600. The van der Waals surface area contributed by atoms with Gasteiger partial charge in [0, 0.05) is 29.9 Å². The Labute approximate surface area is 188 Å². The Morgan fingerprint density at radius 1 is 0.906 bits per heavy atom. The molecule has 32 heavy (non-hydrogen) atoms. The van der Waals surface area contributed by atoms with E-state index in [0.717, 1.165) is 39.2 Å². The van der Waals surface area contributed by atoms with Gasteiger partial charge in [-0.25, -0.2) is 23.1 Å². The number of aromatic nitrogens is 4. The topological polar surface area (TPSA) is 89.8 Å². The molecule has 0 amide bonds. The van der Waals surface area contributed by atoms with Crippen molar-refractivity contribution < 1.29 is 8.42 Å². The van der Waals surface area contributed by atoms with Crippen molar-refractivity contribution in [3.8, 4) is 22.5 Å². The number of aryl methyl sites for hydroxylation is 3. The number of hydrogen-bond donors (Lipinski definition) is 1. The summed E-state index contributed by atoms with van der Waals surface area (Å²) in [6.45, 7) is 6.09. The molecule has 0 aliphatic carbocycles. The van der Waals surface area contributed by atoms with Crippen molar-refractivity contribution in [1.82, 2.24) is 19.7 Å². The van der Waals surface area contributed by atoms with Crippen LogP contribution in [0.2, 0.25) is 0 Å². The van der Waals surface area contributed by atoms with Crippen molar-refractivity contribution in [3.63, 3.8) is 0 Å². The van der Waals surface area contributed by atoms with Crippen molar-refractivity contribution in [2.45, 2.75) is 32.1 Å². The molecule has 0 saturated carbocycles. The highest BCUT2D eigenvalue weighted by molar-refractivity contribution is 7.92. The molecule has 0 atom stereocenters. The molecular weight excluding hydrogens is 422 g/mol. The molecule has 7 nitrogen and oxygen atoms in total. The van der Waals surface area contributed by atoms with E-state index < -0.39 is 10.0 Å². The minimum atomic E-state index is -3.89. The van der Waals surface area contributed by atoms with Crippen LogP contribution in [0.3, 0.4) is 0 Å². The first-order valence-corrected chi connectivity index (χ1v) is 11.8. The average Bonchev–Trinajstić information content (AvgIpc) is 3.21. The first-order chi connectivity index (χ1) is 15.3. The molecule has 0 radical (unpaired) electrons. The molecule has 1 N–H and O–H groups in total. The van der Waals surface area contributed by atoms with Gasteiger partial charge in [-0.05, 0) is 31.4 Å². The quantitative estimate of drug-likeness (QED) is 0.469. The third-order valence-electron chi connectivity index (χ3n) is 5.38. The molecular formula is C24H25N5O2S. The van der Waals surface area contributed by atoms with Crippen LogP contribution in [0, 0.1) is 13.8 Å². The third kappa shape index (κ3) is 4.13. The highest BCUT2D eigenvalue weighted by Gasteiger charge is 2.22. The number of rotatable bonds is 6. The van der Waals surface area contributed by atoms with Gasteiger partial charge in [-0.15, -0.1) is 0 Å². The Morgan fingerprint density at radius 2 is 1.44 bits per heavy atom.